The molecule has 0 amide bonds. The summed E-state index contributed by atoms with van der Waals surface area (Å²) in [5.41, 5.74) is 1.05. The molecule has 0 aliphatic carbocycles. The molecule has 0 spiro atoms. The molecule has 2 unspecified atom stereocenters. The lowest BCUT2D eigenvalue weighted by atomic mass is 9.91. The van der Waals surface area contributed by atoms with E-state index >= 15 is 0 Å². The van der Waals surface area contributed by atoms with Gasteiger partial charge in [-0.25, -0.2) is 4.79 Å². The molecule has 0 aromatic heterocycles. The van der Waals surface area contributed by atoms with Gasteiger partial charge in [0, 0.05) is 17.4 Å². The van der Waals surface area contributed by atoms with Crippen molar-refractivity contribution in [1.82, 2.24) is 0 Å². The summed E-state index contributed by atoms with van der Waals surface area (Å²) in [4.78, 5) is 11.1. The summed E-state index contributed by atoms with van der Waals surface area (Å²) in [6.07, 6.45) is -0.452. The molecule has 2 rings (SSSR count). The Morgan fingerprint density at radius 1 is 1.25 bits per heavy atom. The SMILES string of the molecule is O=C(O)c1ccccc1C1CSSCC1O. The number of aromatic carboxylic acids is 1. The van der Waals surface area contributed by atoms with Gasteiger partial charge in [-0.3, -0.25) is 0 Å². The van der Waals surface area contributed by atoms with E-state index in [2.05, 4.69) is 0 Å². The molecule has 2 atom stereocenters. The highest BCUT2D eigenvalue weighted by atomic mass is 33.1. The number of aliphatic hydroxyl groups excluding tert-OH is 1. The van der Waals surface area contributed by atoms with E-state index in [-0.39, 0.29) is 5.92 Å². The van der Waals surface area contributed by atoms with Crippen molar-refractivity contribution in [3.05, 3.63) is 35.4 Å². The number of carboxylic acids is 1. The van der Waals surface area contributed by atoms with E-state index in [1.54, 1.807) is 39.8 Å². The summed E-state index contributed by atoms with van der Waals surface area (Å²) >= 11 is 0. The lowest BCUT2D eigenvalue weighted by Crippen LogP contribution is -2.27. The second-order valence-corrected chi connectivity index (χ2v) is 6.19. The molecule has 0 radical (unpaired) electrons. The van der Waals surface area contributed by atoms with Gasteiger partial charge in [-0.1, -0.05) is 39.8 Å². The minimum atomic E-state index is -0.925. The fourth-order valence-corrected chi connectivity index (χ4v) is 4.33. The zero-order valence-electron chi connectivity index (χ0n) is 8.50. The maximum atomic E-state index is 11.1. The molecule has 0 saturated carbocycles. The Balaban J connectivity index is 2.34. The van der Waals surface area contributed by atoms with Gasteiger partial charge in [-0.05, 0) is 11.6 Å². The van der Waals surface area contributed by atoms with Gasteiger partial charge in [-0.15, -0.1) is 0 Å². The molecule has 1 saturated heterocycles. The molecule has 1 aliphatic rings. The molecule has 3 nitrogen and oxygen atoms in total. The lowest BCUT2D eigenvalue weighted by Gasteiger charge is -2.27. The van der Waals surface area contributed by atoms with Crippen LogP contribution in [0.25, 0.3) is 0 Å². The van der Waals surface area contributed by atoms with Crippen molar-refractivity contribution < 1.29 is 15.0 Å². The molecule has 1 aromatic rings. The number of hydrogen-bond acceptors (Lipinski definition) is 4. The van der Waals surface area contributed by atoms with Gasteiger partial charge in [-0.2, -0.15) is 0 Å². The average molecular weight is 256 g/mol. The summed E-state index contributed by atoms with van der Waals surface area (Å²) in [5, 5.41) is 19.0. The Morgan fingerprint density at radius 3 is 2.62 bits per heavy atom. The van der Waals surface area contributed by atoms with Gasteiger partial charge < -0.3 is 10.2 Å². The number of carboxylic acid groups (broad SMARTS) is 1. The maximum Gasteiger partial charge on any atom is 0.335 e. The number of carbonyl (C=O) groups is 1. The zero-order valence-corrected chi connectivity index (χ0v) is 10.1. The molecule has 1 aliphatic heterocycles. The Morgan fingerprint density at radius 2 is 1.94 bits per heavy atom. The quantitative estimate of drug-likeness (QED) is 0.795. The molecule has 1 heterocycles. The summed E-state index contributed by atoms with van der Waals surface area (Å²) in [6.45, 7) is 0. The van der Waals surface area contributed by atoms with E-state index in [0.29, 0.717) is 11.3 Å². The normalized spacial score (nSPS) is 25.3. The number of hydrogen-bond donors (Lipinski definition) is 2. The number of rotatable bonds is 2. The van der Waals surface area contributed by atoms with E-state index in [1.807, 2.05) is 6.07 Å². The average Bonchev–Trinajstić information content (AvgIpc) is 2.29. The van der Waals surface area contributed by atoms with Crippen molar-refractivity contribution in [2.45, 2.75) is 12.0 Å². The zero-order chi connectivity index (χ0) is 11.5. The largest absolute Gasteiger partial charge is 0.478 e. The van der Waals surface area contributed by atoms with Crippen LogP contribution in [0.3, 0.4) is 0 Å². The van der Waals surface area contributed by atoms with Crippen LogP contribution in [0.2, 0.25) is 0 Å². The Kier molecular flexibility index (Phi) is 3.78. The van der Waals surface area contributed by atoms with Crippen LogP contribution in [-0.4, -0.2) is 33.8 Å². The van der Waals surface area contributed by atoms with Crippen LogP contribution < -0.4 is 0 Å². The molecule has 86 valence electrons. The minimum absolute atomic E-state index is 0.0708. The van der Waals surface area contributed by atoms with Crippen molar-refractivity contribution in [2.75, 3.05) is 11.5 Å². The second kappa shape index (κ2) is 5.12. The van der Waals surface area contributed by atoms with Gasteiger partial charge >= 0.3 is 5.97 Å². The van der Waals surface area contributed by atoms with Crippen molar-refractivity contribution in [3.8, 4) is 0 Å². The van der Waals surface area contributed by atoms with Crippen LogP contribution >= 0.6 is 21.6 Å². The van der Waals surface area contributed by atoms with Gasteiger partial charge in [0.15, 0.2) is 0 Å². The van der Waals surface area contributed by atoms with Crippen LogP contribution in [0.5, 0.6) is 0 Å². The molecular formula is C11H12O3S2. The first-order chi connectivity index (χ1) is 7.70. The van der Waals surface area contributed by atoms with Gasteiger partial charge in [0.25, 0.3) is 0 Å². The number of aliphatic hydroxyl groups is 1. The predicted molar refractivity (Wildman–Crippen MR) is 67.1 cm³/mol. The monoisotopic (exact) mass is 256 g/mol. The second-order valence-electron chi connectivity index (χ2n) is 3.64. The Labute approximate surface area is 102 Å². The van der Waals surface area contributed by atoms with Gasteiger partial charge in [0.05, 0.1) is 11.7 Å². The third kappa shape index (κ3) is 2.36. The van der Waals surface area contributed by atoms with Crippen LogP contribution in [0, 0.1) is 0 Å². The molecular weight excluding hydrogens is 244 g/mol. The Hall–Kier alpha value is -0.650. The van der Waals surface area contributed by atoms with E-state index in [0.717, 1.165) is 11.3 Å². The van der Waals surface area contributed by atoms with Crippen LogP contribution in [0.4, 0.5) is 0 Å². The standard InChI is InChI=1S/C11H12O3S2/c12-10-6-16-15-5-9(10)7-3-1-2-4-8(7)11(13)14/h1-4,9-10,12H,5-6H2,(H,13,14). The molecule has 1 fully saturated rings. The molecule has 0 bridgehead atoms. The number of benzene rings is 1. The molecule has 5 heteroatoms. The van der Waals surface area contributed by atoms with E-state index in [1.165, 1.54) is 0 Å². The lowest BCUT2D eigenvalue weighted by molar-refractivity contribution is 0.0694. The van der Waals surface area contributed by atoms with E-state index in [9.17, 15) is 9.90 Å². The third-order valence-electron chi connectivity index (χ3n) is 2.62. The van der Waals surface area contributed by atoms with Crippen LogP contribution in [0.1, 0.15) is 21.8 Å². The van der Waals surface area contributed by atoms with Gasteiger partial charge in [0.1, 0.15) is 0 Å². The van der Waals surface area contributed by atoms with Crippen LogP contribution in [0.15, 0.2) is 24.3 Å². The third-order valence-corrected chi connectivity index (χ3v) is 5.08. The summed E-state index contributed by atoms with van der Waals surface area (Å²) in [5.74, 6) is 0.420. The van der Waals surface area contributed by atoms with Crippen molar-refractivity contribution in [2.24, 2.45) is 0 Å². The molecule has 2 N–H and O–H groups in total. The van der Waals surface area contributed by atoms with Crippen LogP contribution in [-0.2, 0) is 0 Å². The molecule has 1 aromatic carbocycles. The van der Waals surface area contributed by atoms with E-state index in [4.69, 9.17) is 5.11 Å². The predicted octanol–water partition coefficient (Wildman–Crippen LogP) is 2.22. The Bertz CT molecular complexity index is 395. The van der Waals surface area contributed by atoms with Crippen molar-refractivity contribution in [3.63, 3.8) is 0 Å². The minimum Gasteiger partial charge on any atom is -0.478 e. The summed E-state index contributed by atoms with van der Waals surface area (Å²) < 4.78 is 0. The van der Waals surface area contributed by atoms with Crippen molar-refractivity contribution >= 4 is 27.6 Å². The highest BCUT2D eigenvalue weighted by Crippen LogP contribution is 2.39. The van der Waals surface area contributed by atoms with Gasteiger partial charge in [0.2, 0.25) is 0 Å². The molecule has 16 heavy (non-hydrogen) atoms. The summed E-state index contributed by atoms with van der Waals surface area (Å²) in [6, 6.07) is 6.93. The highest BCUT2D eigenvalue weighted by molar-refractivity contribution is 8.76. The highest BCUT2D eigenvalue weighted by Gasteiger charge is 2.28. The topological polar surface area (TPSA) is 57.5 Å². The summed E-state index contributed by atoms with van der Waals surface area (Å²) in [7, 11) is 3.32. The first-order valence-corrected chi connectivity index (χ1v) is 7.43. The first kappa shape index (κ1) is 11.8. The van der Waals surface area contributed by atoms with E-state index < -0.39 is 12.1 Å². The fourth-order valence-electron chi connectivity index (χ4n) is 1.78. The van der Waals surface area contributed by atoms with Crippen molar-refractivity contribution in [1.29, 1.82) is 0 Å². The smallest absolute Gasteiger partial charge is 0.335 e. The maximum absolute atomic E-state index is 11.1. The fraction of sp³-hybridized carbons (Fsp3) is 0.364. The first-order valence-electron chi connectivity index (χ1n) is 4.95.